The van der Waals surface area contributed by atoms with Gasteiger partial charge in [-0.1, -0.05) is 0 Å². The standard InChI is InChI=1S/C8F16I2/c9-1(10,3(13,14)5(17,18)8(23,24)26)2(11,12)4(15,16)6(19,25)7(20,21)22. The first kappa shape index (κ1) is 26.3. The molecule has 1 unspecified atom stereocenters. The predicted molar refractivity (Wildman–Crippen MR) is 67.6 cm³/mol. The van der Waals surface area contributed by atoms with Gasteiger partial charge in [0.25, 0.3) is 0 Å². The van der Waals surface area contributed by atoms with Gasteiger partial charge in [-0.2, -0.15) is 65.9 Å². The van der Waals surface area contributed by atoms with Crippen LogP contribution in [0.3, 0.4) is 0 Å². The lowest BCUT2D eigenvalue weighted by Gasteiger charge is -2.42. The Balaban J connectivity index is 6.61. The molecule has 0 spiro atoms. The summed E-state index contributed by atoms with van der Waals surface area (Å²) in [7, 11) is 0. The molecule has 0 amide bonds. The molecule has 0 aromatic heterocycles. The maximum absolute atomic E-state index is 13.1. The van der Waals surface area contributed by atoms with Gasteiger partial charge in [0.05, 0.1) is 0 Å². The highest BCUT2D eigenvalue weighted by molar-refractivity contribution is 14.1. The Labute approximate surface area is 158 Å². The van der Waals surface area contributed by atoms with Crippen molar-refractivity contribution in [2.24, 2.45) is 0 Å². The first-order valence-corrected chi connectivity index (χ1v) is 7.31. The number of hydrogen-bond acceptors (Lipinski definition) is 0. The van der Waals surface area contributed by atoms with Crippen LogP contribution in [0.4, 0.5) is 70.2 Å². The third kappa shape index (κ3) is 3.30. The monoisotopic (exact) mass is 654 g/mol. The minimum atomic E-state index is -8.25. The Bertz CT molecular complexity index is 477. The van der Waals surface area contributed by atoms with Crippen molar-refractivity contribution in [2.45, 2.75) is 43.4 Å². The molecule has 0 fully saturated rings. The number of alkyl halides is 18. The fourth-order valence-electron chi connectivity index (χ4n) is 1.14. The summed E-state index contributed by atoms with van der Waals surface area (Å²) in [6, 6.07) is 0. The highest BCUT2D eigenvalue weighted by Crippen LogP contribution is 2.65. The van der Waals surface area contributed by atoms with E-state index in [2.05, 4.69) is 0 Å². The quantitative estimate of drug-likeness (QED) is 0.167. The number of hydrogen-bond donors (Lipinski definition) is 0. The Morgan fingerprint density at radius 3 is 0.808 bits per heavy atom. The molecular formula is C8F16I2. The number of halogens is 18. The summed E-state index contributed by atoms with van der Waals surface area (Å²) < 4.78 is 191. The fourth-order valence-corrected chi connectivity index (χ4v) is 1.82. The summed E-state index contributed by atoms with van der Waals surface area (Å²) >= 11 is -2.10. The van der Waals surface area contributed by atoms with Gasteiger partial charge in [-0.25, -0.2) is 4.39 Å². The molecule has 0 radical (unpaired) electrons. The van der Waals surface area contributed by atoms with Crippen LogP contribution in [0.2, 0.25) is 0 Å². The summed E-state index contributed by atoms with van der Waals surface area (Å²) in [5, 5.41) is 0. The van der Waals surface area contributed by atoms with Crippen LogP contribution < -0.4 is 0 Å². The molecule has 0 N–H and O–H groups in total. The van der Waals surface area contributed by atoms with Crippen molar-refractivity contribution in [1.82, 2.24) is 0 Å². The average Bonchev–Trinajstić information content (AvgIpc) is 2.34. The first-order valence-electron chi connectivity index (χ1n) is 5.15. The molecule has 0 heterocycles. The second-order valence-corrected chi connectivity index (χ2v) is 7.28. The summed E-state index contributed by atoms with van der Waals surface area (Å²) in [5.74, 6) is -39.7. The van der Waals surface area contributed by atoms with E-state index in [1.807, 2.05) is 0 Å². The molecule has 0 saturated heterocycles. The third-order valence-corrected chi connectivity index (χ3v) is 4.65. The van der Waals surface area contributed by atoms with Gasteiger partial charge in [-0.3, -0.25) is 0 Å². The summed E-state index contributed by atoms with van der Waals surface area (Å²) in [4.78, 5) is 0. The zero-order chi connectivity index (χ0) is 22.0. The fraction of sp³-hybridized carbons (Fsp3) is 1.00. The molecule has 26 heavy (non-hydrogen) atoms. The van der Waals surface area contributed by atoms with E-state index in [0.29, 0.717) is 0 Å². The SMILES string of the molecule is FC(F)(F)C(F)(I)C(F)(F)C(F)(F)C(F)(F)C(F)(F)C(F)(F)C(F)(F)I. The molecule has 0 aromatic rings. The van der Waals surface area contributed by atoms with E-state index in [1.165, 1.54) is 0 Å². The van der Waals surface area contributed by atoms with E-state index >= 15 is 0 Å². The van der Waals surface area contributed by atoms with Gasteiger partial charge in [-0.15, -0.1) is 0 Å². The van der Waals surface area contributed by atoms with Crippen LogP contribution >= 0.6 is 45.2 Å². The van der Waals surface area contributed by atoms with Crippen molar-refractivity contribution in [2.75, 3.05) is 0 Å². The van der Waals surface area contributed by atoms with Gasteiger partial charge in [-0.05, 0) is 22.6 Å². The molecular weight excluding hydrogens is 654 g/mol. The van der Waals surface area contributed by atoms with Gasteiger partial charge in [0.15, 0.2) is 0 Å². The van der Waals surface area contributed by atoms with E-state index in [0.717, 1.165) is 0 Å². The lowest BCUT2D eigenvalue weighted by Crippen LogP contribution is -2.73. The molecule has 0 aliphatic rings. The minimum Gasteiger partial charge on any atom is -0.215 e. The van der Waals surface area contributed by atoms with E-state index in [4.69, 9.17) is 0 Å². The second kappa shape index (κ2) is 6.42. The van der Waals surface area contributed by atoms with Crippen LogP contribution in [0.15, 0.2) is 0 Å². The molecule has 0 aliphatic heterocycles. The molecule has 0 nitrogen and oxygen atoms in total. The zero-order valence-corrected chi connectivity index (χ0v) is 15.1. The van der Waals surface area contributed by atoms with Crippen LogP contribution in [0, 0.1) is 0 Å². The second-order valence-electron chi connectivity index (χ2n) is 4.44. The van der Waals surface area contributed by atoms with E-state index in [-0.39, 0.29) is 0 Å². The van der Waals surface area contributed by atoms with Gasteiger partial charge in [0.2, 0.25) is 0 Å². The molecule has 0 aromatic carbocycles. The van der Waals surface area contributed by atoms with Crippen LogP contribution in [-0.2, 0) is 0 Å². The van der Waals surface area contributed by atoms with E-state index in [9.17, 15) is 70.2 Å². The van der Waals surface area contributed by atoms with Crippen molar-refractivity contribution in [1.29, 1.82) is 0 Å². The maximum atomic E-state index is 13.1. The zero-order valence-electron chi connectivity index (χ0n) is 10.8. The largest absolute Gasteiger partial charge is 0.438 e. The van der Waals surface area contributed by atoms with Crippen molar-refractivity contribution < 1.29 is 70.2 Å². The van der Waals surface area contributed by atoms with Crippen LogP contribution in [0.25, 0.3) is 0 Å². The van der Waals surface area contributed by atoms with Crippen LogP contribution in [0.5, 0.6) is 0 Å². The van der Waals surface area contributed by atoms with Gasteiger partial charge in [0.1, 0.15) is 0 Å². The van der Waals surface area contributed by atoms with E-state index in [1.54, 1.807) is 0 Å². The molecule has 18 heteroatoms. The highest BCUT2D eigenvalue weighted by Gasteiger charge is 2.94. The maximum Gasteiger partial charge on any atom is 0.438 e. The predicted octanol–water partition coefficient (Wildman–Crippen LogP) is 6.85. The first-order chi connectivity index (χ1) is 10.8. The lowest BCUT2D eigenvalue weighted by atomic mass is 9.92. The third-order valence-electron chi connectivity index (χ3n) is 2.68. The van der Waals surface area contributed by atoms with Gasteiger partial charge < -0.3 is 0 Å². The molecule has 0 bridgehead atoms. The van der Waals surface area contributed by atoms with Crippen LogP contribution in [-0.4, -0.2) is 43.4 Å². The van der Waals surface area contributed by atoms with Crippen LogP contribution in [0.1, 0.15) is 0 Å². The smallest absolute Gasteiger partial charge is 0.215 e. The van der Waals surface area contributed by atoms with Crippen molar-refractivity contribution in [3.63, 3.8) is 0 Å². The molecule has 0 saturated carbocycles. The van der Waals surface area contributed by atoms with Gasteiger partial charge >= 0.3 is 43.4 Å². The van der Waals surface area contributed by atoms with Crippen molar-refractivity contribution >= 4 is 45.2 Å². The Kier molecular flexibility index (Phi) is 6.51. The molecule has 1 atom stereocenters. The minimum absolute atomic E-state index is 0.922. The highest BCUT2D eigenvalue weighted by atomic mass is 127. The topological polar surface area (TPSA) is 0 Å². The Morgan fingerprint density at radius 1 is 0.346 bits per heavy atom. The summed E-state index contributed by atoms with van der Waals surface area (Å²) in [5.41, 5.74) is 0. The Hall–Kier alpha value is 0.340. The molecule has 0 rings (SSSR count). The van der Waals surface area contributed by atoms with Gasteiger partial charge in [0, 0.05) is 22.6 Å². The normalized spacial score (nSPS) is 18.7. The van der Waals surface area contributed by atoms with E-state index < -0.39 is 88.6 Å². The average molecular weight is 654 g/mol. The summed E-state index contributed by atoms with van der Waals surface area (Å²) in [6.45, 7) is 0. The number of rotatable bonds is 6. The summed E-state index contributed by atoms with van der Waals surface area (Å²) in [6.07, 6.45) is -7.08. The lowest BCUT2D eigenvalue weighted by molar-refractivity contribution is -0.429. The molecule has 0 aliphatic carbocycles. The molecule has 158 valence electrons. The van der Waals surface area contributed by atoms with Crippen molar-refractivity contribution in [3.8, 4) is 0 Å². The van der Waals surface area contributed by atoms with Crippen molar-refractivity contribution in [3.05, 3.63) is 0 Å². The Morgan fingerprint density at radius 2 is 0.577 bits per heavy atom.